The van der Waals surface area contributed by atoms with Crippen molar-refractivity contribution in [2.75, 3.05) is 13.2 Å². The monoisotopic (exact) mass is 220 g/mol. The van der Waals surface area contributed by atoms with Crippen molar-refractivity contribution in [3.05, 3.63) is 21.3 Å². The van der Waals surface area contributed by atoms with Gasteiger partial charge in [-0.05, 0) is 25.3 Å². The summed E-state index contributed by atoms with van der Waals surface area (Å²) in [6, 6.07) is 1.78. The molecule has 0 aromatic carbocycles. The maximum atomic E-state index is 9.99. The average Bonchev–Trinajstić information content (AvgIpc) is 2.48. The molecule has 0 amide bonds. The number of halogens is 1. The lowest BCUT2D eigenvalue weighted by Gasteiger charge is -2.21. The van der Waals surface area contributed by atoms with Gasteiger partial charge in [0.25, 0.3) is 0 Å². The van der Waals surface area contributed by atoms with Crippen molar-refractivity contribution in [2.45, 2.75) is 19.4 Å². The van der Waals surface area contributed by atoms with Gasteiger partial charge in [0, 0.05) is 6.61 Å². The van der Waals surface area contributed by atoms with Gasteiger partial charge in [-0.15, -0.1) is 11.3 Å². The van der Waals surface area contributed by atoms with E-state index in [0.29, 0.717) is 11.6 Å². The Kier molecular flexibility index (Phi) is 3.74. The molecule has 0 saturated heterocycles. The van der Waals surface area contributed by atoms with E-state index in [9.17, 15) is 5.11 Å². The van der Waals surface area contributed by atoms with Crippen molar-refractivity contribution in [1.29, 1.82) is 0 Å². The summed E-state index contributed by atoms with van der Waals surface area (Å²) < 4.78 is 5.18. The summed E-state index contributed by atoms with van der Waals surface area (Å²) in [6.45, 7) is 4.48. The van der Waals surface area contributed by atoms with E-state index >= 15 is 0 Å². The highest BCUT2D eigenvalue weighted by Crippen LogP contribution is 2.32. The number of rotatable bonds is 4. The molecule has 0 aliphatic carbocycles. The van der Waals surface area contributed by atoms with Crippen LogP contribution in [0.3, 0.4) is 0 Å². The van der Waals surface area contributed by atoms with Gasteiger partial charge in [0.2, 0.25) is 0 Å². The highest BCUT2D eigenvalue weighted by molar-refractivity contribution is 7.10. The minimum Gasteiger partial charge on any atom is -0.382 e. The molecule has 0 spiro atoms. The fourth-order valence-corrected chi connectivity index (χ4v) is 2.35. The van der Waals surface area contributed by atoms with Crippen LogP contribution in [0.1, 0.15) is 18.7 Å². The van der Waals surface area contributed by atoms with Gasteiger partial charge < -0.3 is 9.84 Å². The fraction of sp³-hybridized carbons (Fsp3) is 0.556. The molecule has 1 atom stereocenters. The van der Waals surface area contributed by atoms with Crippen LogP contribution in [0.5, 0.6) is 0 Å². The maximum Gasteiger partial charge on any atom is 0.121 e. The van der Waals surface area contributed by atoms with Crippen LogP contribution in [-0.4, -0.2) is 18.3 Å². The molecule has 1 heterocycles. The van der Waals surface area contributed by atoms with Crippen LogP contribution < -0.4 is 0 Å². The second-order valence-electron chi connectivity index (χ2n) is 3.01. The van der Waals surface area contributed by atoms with Crippen molar-refractivity contribution in [3.63, 3.8) is 0 Å². The molecule has 0 saturated carbocycles. The zero-order chi connectivity index (χ0) is 9.90. The van der Waals surface area contributed by atoms with Crippen LogP contribution in [0.4, 0.5) is 0 Å². The first-order valence-corrected chi connectivity index (χ1v) is 5.37. The molecule has 1 aromatic heterocycles. The number of thiophene rings is 1. The van der Waals surface area contributed by atoms with E-state index in [1.165, 1.54) is 11.3 Å². The summed E-state index contributed by atoms with van der Waals surface area (Å²) in [5.41, 5.74) is -0.971. The quantitative estimate of drug-likeness (QED) is 0.846. The highest BCUT2D eigenvalue weighted by Gasteiger charge is 2.27. The molecule has 0 bridgehead atoms. The zero-order valence-electron chi connectivity index (χ0n) is 7.71. The topological polar surface area (TPSA) is 29.5 Å². The molecule has 0 radical (unpaired) electrons. The SMILES string of the molecule is CCOCC(C)(O)c1sccc1Cl. The Morgan fingerprint density at radius 2 is 2.38 bits per heavy atom. The molecule has 4 heteroatoms. The first-order chi connectivity index (χ1) is 6.08. The summed E-state index contributed by atoms with van der Waals surface area (Å²) in [5, 5.41) is 12.5. The molecule has 0 aliphatic rings. The molecule has 1 aromatic rings. The minimum atomic E-state index is -0.971. The summed E-state index contributed by atoms with van der Waals surface area (Å²) in [6.07, 6.45) is 0. The first-order valence-electron chi connectivity index (χ1n) is 4.11. The van der Waals surface area contributed by atoms with Gasteiger partial charge in [0.15, 0.2) is 0 Å². The Hall–Kier alpha value is -0.0900. The van der Waals surface area contributed by atoms with E-state index in [4.69, 9.17) is 16.3 Å². The number of hydrogen-bond acceptors (Lipinski definition) is 3. The van der Waals surface area contributed by atoms with Crippen molar-refractivity contribution < 1.29 is 9.84 Å². The molecule has 2 nitrogen and oxygen atoms in total. The maximum absolute atomic E-state index is 9.99. The Morgan fingerprint density at radius 3 is 2.85 bits per heavy atom. The molecule has 13 heavy (non-hydrogen) atoms. The van der Waals surface area contributed by atoms with Crippen molar-refractivity contribution >= 4 is 22.9 Å². The Bertz CT molecular complexity index is 270. The average molecular weight is 221 g/mol. The molecule has 1 unspecified atom stereocenters. The lowest BCUT2D eigenvalue weighted by molar-refractivity contribution is -0.0317. The third-order valence-electron chi connectivity index (χ3n) is 1.69. The molecule has 0 fully saturated rings. The molecular formula is C9H13ClO2S. The van der Waals surface area contributed by atoms with E-state index in [0.717, 1.165) is 4.88 Å². The third kappa shape index (κ3) is 2.68. The Labute approximate surface area is 87.1 Å². The smallest absolute Gasteiger partial charge is 0.121 e. The van der Waals surface area contributed by atoms with E-state index in [-0.39, 0.29) is 6.61 Å². The standard InChI is InChI=1S/C9H13ClO2S/c1-3-12-6-9(2,11)8-7(10)4-5-13-8/h4-5,11H,3,6H2,1-2H3. The lowest BCUT2D eigenvalue weighted by Crippen LogP contribution is -2.26. The molecule has 0 aliphatic heterocycles. The molecule has 74 valence electrons. The number of ether oxygens (including phenoxy) is 1. The third-order valence-corrected chi connectivity index (χ3v) is 3.29. The van der Waals surface area contributed by atoms with Crippen LogP contribution >= 0.6 is 22.9 Å². The van der Waals surface area contributed by atoms with Gasteiger partial charge in [-0.1, -0.05) is 11.6 Å². The van der Waals surface area contributed by atoms with Crippen LogP contribution in [0.2, 0.25) is 5.02 Å². The predicted molar refractivity (Wildman–Crippen MR) is 55.4 cm³/mol. The second kappa shape index (κ2) is 4.42. The molecule has 1 rings (SSSR count). The fourth-order valence-electron chi connectivity index (χ4n) is 1.04. The van der Waals surface area contributed by atoms with Gasteiger partial charge in [0.05, 0.1) is 16.5 Å². The normalized spacial score (nSPS) is 15.7. The van der Waals surface area contributed by atoms with Crippen molar-refractivity contribution in [2.24, 2.45) is 0 Å². The van der Waals surface area contributed by atoms with Crippen LogP contribution in [-0.2, 0) is 10.3 Å². The largest absolute Gasteiger partial charge is 0.382 e. The Balaban J connectivity index is 2.74. The van der Waals surface area contributed by atoms with Crippen molar-refractivity contribution in [3.8, 4) is 0 Å². The molecule has 1 N–H and O–H groups in total. The summed E-state index contributed by atoms with van der Waals surface area (Å²) in [7, 11) is 0. The highest BCUT2D eigenvalue weighted by atomic mass is 35.5. The number of hydrogen-bond donors (Lipinski definition) is 1. The van der Waals surface area contributed by atoms with E-state index < -0.39 is 5.60 Å². The van der Waals surface area contributed by atoms with Gasteiger partial charge in [-0.25, -0.2) is 0 Å². The van der Waals surface area contributed by atoms with E-state index in [1.807, 2.05) is 12.3 Å². The zero-order valence-corrected chi connectivity index (χ0v) is 9.28. The second-order valence-corrected chi connectivity index (χ2v) is 4.33. The number of aliphatic hydroxyl groups is 1. The Morgan fingerprint density at radius 1 is 1.69 bits per heavy atom. The summed E-state index contributed by atoms with van der Waals surface area (Å²) >= 11 is 7.34. The van der Waals surface area contributed by atoms with Crippen LogP contribution in [0.15, 0.2) is 11.4 Å². The summed E-state index contributed by atoms with van der Waals surface area (Å²) in [5.74, 6) is 0. The van der Waals surface area contributed by atoms with Gasteiger partial charge >= 0.3 is 0 Å². The van der Waals surface area contributed by atoms with Gasteiger partial charge in [0.1, 0.15) is 5.60 Å². The summed E-state index contributed by atoms with van der Waals surface area (Å²) in [4.78, 5) is 0.766. The first kappa shape index (κ1) is 11.0. The predicted octanol–water partition coefficient (Wildman–Crippen LogP) is 2.65. The van der Waals surface area contributed by atoms with Gasteiger partial charge in [-0.2, -0.15) is 0 Å². The van der Waals surface area contributed by atoms with E-state index in [1.54, 1.807) is 13.0 Å². The molecular weight excluding hydrogens is 208 g/mol. The van der Waals surface area contributed by atoms with Crippen LogP contribution in [0.25, 0.3) is 0 Å². The minimum absolute atomic E-state index is 0.281. The van der Waals surface area contributed by atoms with Crippen molar-refractivity contribution in [1.82, 2.24) is 0 Å². The van der Waals surface area contributed by atoms with Crippen LogP contribution in [0, 0.1) is 0 Å². The lowest BCUT2D eigenvalue weighted by atomic mass is 10.1. The van der Waals surface area contributed by atoms with Gasteiger partial charge in [-0.3, -0.25) is 0 Å². The van der Waals surface area contributed by atoms with E-state index in [2.05, 4.69) is 0 Å².